The van der Waals surface area contributed by atoms with Gasteiger partial charge >= 0.3 is 0 Å². The molecule has 3 rings (SSSR count). The highest BCUT2D eigenvalue weighted by Crippen LogP contribution is 2.36. The molecule has 1 saturated heterocycles. The molecule has 0 atom stereocenters. The zero-order chi connectivity index (χ0) is 9.43. The summed E-state index contributed by atoms with van der Waals surface area (Å²) in [6.45, 7) is 3.27. The minimum absolute atomic E-state index is 0.214. The number of furan rings is 1. The maximum Gasteiger partial charge on any atom is 0.110 e. The molecule has 0 aliphatic carbocycles. The molecule has 0 amide bonds. The van der Waals surface area contributed by atoms with E-state index in [1.165, 1.54) is 24.2 Å². The molecular weight excluding hydrogens is 176 g/mol. The Balaban J connectivity index is 2.01. The van der Waals surface area contributed by atoms with E-state index < -0.39 is 0 Å². The van der Waals surface area contributed by atoms with E-state index in [9.17, 15) is 0 Å². The van der Waals surface area contributed by atoms with Crippen molar-refractivity contribution in [2.75, 3.05) is 19.6 Å². The third-order valence-corrected chi connectivity index (χ3v) is 3.53. The quantitative estimate of drug-likeness (QED) is 0.644. The Labute approximate surface area is 83.9 Å². The van der Waals surface area contributed by atoms with E-state index in [2.05, 4.69) is 16.7 Å². The van der Waals surface area contributed by atoms with Gasteiger partial charge in [-0.15, -0.1) is 0 Å². The van der Waals surface area contributed by atoms with Crippen molar-refractivity contribution in [3.8, 4) is 0 Å². The highest BCUT2D eigenvalue weighted by molar-refractivity contribution is 5.30. The van der Waals surface area contributed by atoms with Crippen LogP contribution in [0.2, 0.25) is 0 Å². The largest absolute Gasteiger partial charge is 0.469 e. The summed E-state index contributed by atoms with van der Waals surface area (Å²) in [6.07, 6.45) is 5.23. The number of nitrogens with one attached hydrogen (secondary N) is 2. The van der Waals surface area contributed by atoms with Crippen molar-refractivity contribution in [3.63, 3.8) is 0 Å². The number of hydrogen-bond acceptors (Lipinski definition) is 3. The summed E-state index contributed by atoms with van der Waals surface area (Å²) in [7, 11) is 0. The number of rotatable bonds is 0. The number of fused-ring (bicyclic) bond motifs is 2. The third-order valence-electron chi connectivity index (χ3n) is 3.53. The van der Waals surface area contributed by atoms with Gasteiger partial charge in [-0.05, 0) is 32.0 Å². The predicted octanol–water partition coefficient (Wildman–Crippen LogP) is 1.00. The molecule has 1 fully saturated rings. The first kappa shape index (κ1) is 8.50. The van der Waals surface area contributed by atoms with Crippen LogP contribution in [0.15, 0.2) is 16.7 Å². The predicted molar refractivity (Wildman–Crippen MR) is 54.2 cm³/mol. The minimum Gasteiger partial charge on any atom is -0.469 e. The molecule has 1 aromatic rings. The van der Waals surface area contributed by atoms with Gasteiger partial charge in [-0.25, -0.2) is 0 Å². The summed E-state index contributed by atoms with van der Waals surface area (Å²) in [5.74, 6) is 1.20. The number of piperidine rings is 1. The van der Waals surface area contributed by atoms with Crippen molar-refractivity contribution in [1.29, 1.82) is 0 Å². The van der Waals surface area contributed by atoms with Gasteiger partial charge in [-0.2, -0.15) is 0 Å². The van der Waals surface area contributed by atoms with Crippen molar-refractivity contribution in [2.24, 2.45) is 0 Å². The van der Waals surface area contributed by atoms with Gasteiger partial charge in [-0.3, -0.25) is 0 Å². The van der Waals surface area contributed by atoms with Gasteiger partial charge in [-0.1, -0.05) is 0 Å². The standard InChI is InChI=1S/C11H16N2O/c1-5-13-11(3-6-12-7-4-11)9-2-8-14-10(1)9/h2,8,12-13H,1,3-7H2. The van der Waals surface area contributed by atoms with Crippen molar-refractivity contribution < 1.29 is 4.42 Å². The van der Waals surface area contributed by atoms with Gasteiger partial charge < -0.3 is 15.1 Å². The van der Waals surface area contributed by atoms with Crippen molar-refractivity contribution in [2.45, 2.75) is 24.8 Å². The molecule has 3 heteroatoms. The molecular formula is C11H16N2O. The lowest BCUT2D eigenvalue weighted by Crippen LogP contribution is -2.52. The SMILES string of the molecule is c1cc2c(o1)CCNC21CCNCC1. The Morgan fingerprint density at radius 2 is 2.07 bits per heavy atom. The highest BCUT2D eigenvalue weighted by atomic mass is 16.3. The second-order valence-electron chi connectivity index (χ2n) is 4.27. The van der Waals surface area contributed by atoms with Gasteiger partial charge in [0.1, 0.15) is 5.76 Å². The van der Waals surface area contributed by atoms with E-state index in [-0.39, 0.29) is 5.54 Å². The van der Waals surface area contributed by atoms with Crippen LogP contribution in [0.4, 0.5) is 0 Å². The highest BCUT2D eigenvalue weighted by Gasteiger charge is 2.38. The molecule has 0 radical (unpaired) electrons. The summed E-state index contributed by atoms with van der Waals surface area (Å²) < 4.78 is 5.52. The molecule has 3 heterocycles. The fraction of sp³-hybridized carbons (Fsp3) is 0.636. The van der Waals surface area contributed by atoms with Gasteiger partial charge in [0.05, 0.1) is 6.26 Å². The lowest BCUT2D eigenvalue weighted by molar-refractivity contribution is 0.227. The van der Waals surface area contributed by atoms with Crippen LogP contribution >= 0.6 is 0 Å². The monoisotopic (exact) mass is 192 g/mol. The summed E-state index contributed by atoms with van der Waals surface area (Å²) in [5, 5.41) is 7.09. The molecule has 1 aromatic heterocycles. The van der Waals surface area contributed by atoms with Crippen LogP contribution < -0.4 is 10.6 Å². The van der Waals surface area contributed by atoms with E-state index in [1.807, 2.05) is 6.26 Å². The van der Waals surface area contributed by atoms with Crippen molar-refractivity contribution >= 4 is 0 Å². The molecule has 3 nitrogen and oxygen atoms in total. The van der Waals surface area contributed by atoms with E-state index in [1.54, 1.807) is 0 Å². The fourth-order valence-electron chi connectivity index (χ4n) is 2.77. The Bertz CT molecular complexity index is 326. The van der Waals surface area contributed by atoms with Gasteiger partial charge in [0, 0.05) is 24.1 Å². The van der Waals surface area contributed by atoms with Crippen LogP contribution in [-0.4, -0.2) is 19.6 Å². The Kier molecular flexibility index (Phi) is 1.89. The van der Waals surface area contributed by atoms with Crippen LogP contribution in [-0.2, 0) is 12.0 Å². The fourth-order valence-corrected chi connectivity index (χ4v) is 2.77. The average molecular weight is 192 g/mol. The number of hydrogen-bond donors (Lipinski definition) is 2. The lowest BCUT2D eigenvalue weighted by Gasteiger charge is -2.41. The van der Waals surface area contributed by atoms with Crippen LogP contribution in [0.1, 0.15) is 24.2 Å². The van der Waals surface area contributed by atoms with Gasteiger partial charge in [0.15, 0.2) is 0 Å². The van der Waals surface area contributed by atoms with Crippen LogP contribution in [0, 0.1) is 0 Å². The summed E-state index contributed by atoms with van der Waals surface area (Å²) in [5.41, 5.74) is 1.62. The Hall–Kier alpha value is -0.800. The molecule has 1 spiro atoms. The van der Waals surface area contributed by atoms with E-state index in [0.717, 1.165) is 26.1 Å². The molecule has 2 aliphatic rings. The minimum atomic E-state index is 0.214. The maximum atomic E-state index is 5.52. The molecule has 0 aromatic carbocycles. The van der Waals surface area contributed by atoms with Crippen LogP contribution in [0.5, 0.6) is 0 Å². The second kappa shape index (κ2) is 3.11. The first-order chi connectivity index (χ1) is 6.91. The zero-order valence-electron chi connectivity index (χ0n) is 8.31. The van der Waals surface area contributed by atoms with Crippen LogP contribution in [0.25, 0.3) is 0 Å². The normalized spacial score (nSPS) is 24.9. The maximum absolute atomic E-state index is 5.52. The molecule has 0 unspecified atom stereocenters. The van der Waals surface area contributed by atoms with E-state index in [0.29, 0.717) is 0 Å². The topological polar surface area (TPSA) is 37.2 Å². The zero-order valence-corrected chi connectivity index (χ0v) is 8.31. The summed E-state index contributed by atoms with van der Waals surface area (Å²) >= 11 is 0. The molecule has 2 N–H and O–H groups in total. The first-order valence-corrected chi connectivity index (χ1v) is 5.43. The Morgan fingerprint density at radius 3 is 2.93 bits per heavy atom. The molecule has 76 valence electrons. The smallest absolute Gasteiger partial charge is 0.110 e. The van der Waals surface area contributed by atoms with Gasteiger partial charge in [0.25, 0.3) is 0 Å². The molecule has 14 heavy (non-hydrogen) atoms. The van der Waals surface area contributed by atoms with Crippen LogP contribution in [0.3, 0.4) is 0 Å². The van der Waals surface area contributed by atoms with E-state index >= 15 is 0 Å². The summed E-state index contributed by atoms with van der Waals surface area (Å²) in [6, 6.07) is 2.15. The van der Waals surface area contributed by atoms with Gasteiger partial charge in [0.2, 0.25) is 0 Å². The summed E-state index contributed by atoms with van der Waals surface area (Å²) in [4.78, 5) is 0. The average Bonchev–Trinajstić information content (AvgIpc) is 2.69. The molecule has 0 bridgehead atoms. The second-order valence-corrected chi connectivity index (χ2v) is 4.27. The third kappa shape index (κ3) is 1.12. The van der Waals surface area contributed by atoms with E-state index in [4.69, 9.17) is 4.42 Å². The molecule has 0 saturated carbocycles. The van der Waals surface area contributed by atoms with Crippen molar-refractivity contribution in [1.82, 2.24) is 10.6 Å². The first-order valence-electron chi connectivity index (χ1n) is 5.43. The van der Waals surface area contributed by atoms with Crippen molar-refractivity contribution in [3.05, 3.63) is 23.7 Å². The lowest BCUT2D eigenvalue weighted by atomic mass is 9.79. The molecule has 2 aliphatic heterocycles. The Morgan fingerprint density at radius 1 is 1.21 bits per heavy atom.